The van der Waals surface area contributed by atoms with E-state index in [1.165, 1.54) is 11.3 Å². The molecule has 0 bridgehead atoms. The van der Waals surface area contributed by atoms with Gasteiger partial charge in [-0.2, -0.15) is 0 Å². The first-order chi connectivity index (χ1) is 14.1. The molecule has 146 valence electrons. The number of carbonyl (C=O) groups is 1. The number of thiazole rings is 1. The Morgan fingerprint density at radius 3 is 2.83 bits per heavy atom. The summed E-state index contributed by atoms with van der Waals surface area (Å²) in [4.78, 5) is 20.7. The molecule has 4 rings (SSSR count). The Labute approximate surface area is 170 Å². The number of rotatable bonds is 5. The van der Waals surface area contributed by atoms with Crippen LogP contribution < -0.4 is 15.4 Å². The fourth-order valence-electron chi connectivity index (χ4n) is 2.61. The minimum atomic E-state index is -0.625. The molecule has 29 heavy (non-hydrogen) atoms. The third kappa shape index (κ3) is 4.55. The van der Waals surface area contributed by atoms with E-state index in [0.717, 1.165) is 22.1 Å². The van der Waals surface area contributed by atoms with Gasteiger partial charge in [-0.1, -0.05) is 22.6 Å². The lowest BCUT2D eigenvalue weighted by Crippen LogP contribution is -2.17. The van der Waals surface area contributed by atoms with Crippen LogP contribution in [0, 0.1) is 13.8 Å². The lowest BCUT2D eigenvalue weighted by molar-refractivity contribution is 0.214. The number of ether oxygens (including phenoxy) is 1. The third-order valence-corrected chi connectivity index (χ3v) is 4.69. The lowest BCUT2D eigenvalue weighted by atomic mass is 10.3. The number of hydrogen-bond donors (Lipinski definition) is 2. The molecular formula is C19H17N7O2S. The van der Waals surface area contributed by atoms with Gasteiger partial charge in [0.1, 0.15) is 0 Å². The molecule has 9 nitrogen and oxygen atoms in total. The van der Waals surface area contributed by atoms with E-state index in [9.17, 15) is 4.79 Å². The summed E-state index contributed by atoms with van der Waals surface area (Å²) in [7, 11) is 0. The molecule has 0 fully saturated rings. The van der Waals surface area contributed by atoms with Gasteiger partial charge in [0.2, 0.25) is 0 Å². The maximum absolute atomic E-state index is 12.3. The summed E-state index contributed by atoms with van der Waals surface area (Å²) in [5.74, 6) is 0.210. The van der Waals surface area contributed by atoms with E-state index in [4.69, 9.17) is 4.74 Å². The van der Waals surface area contributed by atoms with Crippen LogP contribution in [0.15, 0.2) is 55.0 Å². The molecule has 0 radical (unpaired) electrons. The summed E-state index contributed by atoms with van der Waals surface area (Å²) in [5, 5.41) is 15.1. The quantitative estimate of drug-likeness (QED) is 0.513. The molecule has 3 heterocycles. The summed E-state index contributed by atoms with van der Waals surface area (Å²) < 4.78 is 7.08. The van der Waals surface area contributed by atoms with E-state index in [-0.39, 0.29) is 5.88 Å². The molecule has 3 aromatic heterocycles. The first-order valence-corrected chi connectivity index (χ1v) is 9.51. The van der Waals surface area contributed by atoms with E-state index in [1.54, 1.807) is 35.4 Å². The first kappa shape index (κ1) is 18.6. The molecule has 0 saturated heterocycles. The molecule has 2 N–H and O–H groups in total. The number of amides is 1. The number of anilines is 3. The Morgan fingerprint density at radius 2 is 2.03 bits per heavy atom. The third-order valence-electron chi connectivity index (χ3n) is 3.83. The van der Waals surface area contributed by atoms with Gasteiger partial charge in [-0.25, -0.2) is 14.5 Å². The average Bonchev–Trinajstić information content (AvgIpc) is 3.32. The lowest BCUT2D eigenvalue weighted by Gasteiger charge is -2.09. The van der Waals surface area contributed by atoms with Gasteiger partial charge in [0.05, 0.1) is 23.1 Å². The minimum Gasteiger partial charge on any atom is -0.388 e. The van der Waals surface area contributed by atoms with Gasteiger partial charge in [0, 0.05) is 23.3 Å². The fraction of sp³-hybridized carbons (Fsp3) is 0.105. The Balaban J connectivity index is 1.50. The van der Waals surface area contributed by atoms with Crippen molar-refractivity contribution in [2.24, 2.45) is 0 Å². The first-order valence-electron chi connectivity index (χ1n) is 8.69. The monoisotopic (exact) mass is 407 g/mol. The standard InChI is InChI=1S/C19H17N7O2S/c1-12-10-15(6-7-20-12)24-19(27)28-17-18(29-13(2)22-17)23-14-4-3-5-16(11-14)26-9-8-21-25-26/h3-11,23H,1-2H3,(H,20,24,27). The van der Waals surface area contributed by atoms with Crippen LogP contribution >= 0.6 is 11.3 Å². The van der Waals surface area contributed by atoms with Crippen LogP contribution in [0.25, 0.3) is 5.69 Å². The van der Waals surface area contributed by atoms with Crippen molar-refractivity contribution >= 4 is 33.8 Å². The van der Waals surface area contributed by atoms with Gasteiger partial charge in [0.15, 0.2) is 5.00 Å². The van der Waals surface area contributed by atoms with Crippen molar-refractivity contribution in [3.05, 3.63) is 65.7 Å². The van der Waals surface area contributed by atoms with Crippen LogP contribution in [0.3, 0.4) is 0 Å². The highest BCUT2D eigenvalue weighted by atomic mass is 32.1. The van der Waals surface area contributed by atoms with Crippen molar-refractivity contribution < 1.29 is 9.53 Å². The molecule has 0 aliphatic carbocycles. The molecule has 0 atom stereocenters. The van der Waals surface area contributed by atoms with Gasteiger partial charge in [0.25, 0.3) is 5.88 Å². The molecule has 1 aromatic carbocycles. The maximum atomic E-state index is 12.3. The van der Waals surface area contributed by atoms with Crippen molar-refractivity contribution in [3.8, 4) is 11.6 Å². The van der Waals surface area contributed by atoms with Gasteiger partial charge in [-0.3, -0.25) is 10.3 Å². The molecule has 0 aliphatic rings. The zero-order chi connectivity index (χ0) is 20.2. The van der Waals surface area contributed by atoms with Crippen molar-refractivity contribution in [2.45, 2.75) is 13.8 Å². The molecule has 0 spiro atoms. The fourth-order valence-corrected chi connectivity index (χ4v) is 3.38. The number of pyridine rings is 1. The van der Waals surface area contributed by atoms with E-state index in [2.05, 4.69) is 30.9 Å². The summed E-state index contributed by atoms with van der Waals surface area (Å²) in [6.07, 6.45) is 4.37. The summed E-state index contributed by atoms with van der Waals surface area (Å²) >= 11 is 1.39. The number of benzene rings is 1. The van der Waals surface area contributed by atoms with Crippen molar-refractivity contribution in [1.29, 1.82) is 0 Å². The number of nitrogens with one attached hydrogen (secondary N) is 2. The molecule has 0 aliphatic heterocycles. The SMILES string of the molecule is Cc1cc(NC(=O)Oc2nc(C)sc2Nc2cccc(-n3ccnn3)c2)ccn1. The zero-order valence-electron chi connectivity index (χ0n) is 15.7. The highest BCUT2D eigenvalue weighted by molar-refractivity contribution is 7.16. The Bertz CT molecular complexity index is 1140. The van der Waals surface area contributed by atoms with Crippen molar-refractivity contribution in [2.75, 3.05) is 10.6 Å². The van der Waals surface area contributed by atoms with E-state index in [0.29, 0.717) is 10.7 Å². The second kappa shape index (κ2) is 8.07. The van der Waals surface area contributed by atoms with Crippen LogP contribution in [-0.2, 0) is 0 Å². The highest BCUT2D eigenvalue weighted by Gasteiger charge is 2.15. The summed E-state index contributed by atoms with van der Waals surface area (Å²) in [5.41, 5.74) is 3.05. The normalized spacial score (nSPS) is 10.6. The predicted octanol–water partition coefficient (Wildman–Crippen LogP) is 4.09. The largest absolute Gasteiger partial charge is 0.418 e. The molecule has 10 heteroatoms. The number of carbonyl (C=O) groups excluding carboxylic acids is 1. The Hall–Kier alpha value is -3.79. The summed E-state index contributed by atoms with van der Waals surface area (Å²) in [6, 6.07) is 11.1. The van der Waals surface area contributed by atoms with Crippen LogP contribution in [0.2, 0.25) is 0 Å². The molecule has 0 unspecified atom stereocenters. The van der Waals surface area contributed by atoms with Crippen LogP contribution in [-0.4, -0.2) is 31.1 Å². The highest BCUT2D eigenvalue weighted by Crippen LogP contribution is 2.34. The van der Waals surface area contributed by atoms with E-state index >= 15 is 0 Å². The minimum absolute atomic E-state index is 0.210. The van der Waals surface area contributed by atoms with E-state index < -0.39 is 6.09 Å². The van der Waals surface area contributed by atoms with Crippen molar-refractivity contribution in [3.63, 3.8) is 0 Å². The predicted molar refractivity (Wildman–Crippen MR) is 110 cm³/mol. The van der Waals surface area contributed by atoms with Crippen LogP contribution in [0.5, 0.6) is 5.88 Å². The average molecular weight is 407 g/mol. The van der Waals surface area contributed by atoms with Gasteiger partial charge >= 0.3 is 6.09 Å². The zero-order valence-corrected chi connectivity index (χ0v) is 16.5. The van der Waals surface area contributed by atoms with Gasteiger partial charge < -0.3 is 10.1 Å². The number of aryl methyl sites for hydroxylation is 2. The number of hydrogen-bond acceptors (Lipinski definition) is 8. The van der Waals surface area contributed by atoms with Crippen molar-refractivity contribution in [1.82, 2.24) is 25.0 Å². The summed E-state index contributed by atoms with van der Waals surface area (Å²) in [6.45, 7) is 3.69. The van der Waals surface area contributed by atoms with E-state index in [1.807, 2.05) is 38.1 Å². The Morgan fingerprint density at radius 1 is 1.14 bits per heavy atom. The second-order valence-electron chi connectivity index (χ2n) is 6.09. The maximum Gasteiger partial charge on any atom is 0.418 e. The molecule has 1 amide bonds. The smallest absolute Gasteiger partial charge is 0.388 e. The molecule has 0 saturated carbocycles. The molecular weight excluding hydrogens is 390 g/mol. The van der Waals surface area contributed by atoms with Gasteiger partial charge in [-0.05, 0) is 44.2 Å². The topological polar surface area (TPSA) is 107 Å². The Kier molecular flexibility index (Phi) is 5.16. The molecule has 4 aromatic rings. The number of aromatic nitrogens is 5. The van der Waals surface area contributed by atoms with Crippen LogP contribution in [0.4, 0.5) is 21.2 Å². The second-order valence-corrected chi connectivity index (χ2v) is 7.29. The number of nitrogens with zero attached hydrogens (tertiary/aromatic N) is 5. The van der Waals surface area contributed by atoms with Crippen LogP contribution in [0.1, 0.15) is 10.7 Å². The van der Waals surface area contributed by atoms with Gasteiger partial charge in [-0.15, -0.1) is 5.10 Å².